The van der Waals surface area contributed by atoms with E-state index in [1.807, 2.05) is 43.0 Å². The van der Waals surface area contributed by atoms with Crippen molar-refractivity contribution < 1.29 is 14.3 Å². The van der Waals surface area contributed by atoms with E-state index in [1.54, 1.807) is 12.0 Å². The van der Waals surface area contributed by atoms with Crippen molar-refractivity contribution in [1.29, 1.82) is 0 Å². The minimum Gasteiger partial charge on any atom is -0.496 e. The minimum atomic E-state index is -0.150. The van der Waals surface area contributed by atoms with Crippen LogP contribution in [-0.2, 0) is 11.3 Å². The first-order valence-electron chi connectivity index (χ1n) is 9.04. The van der Waals surface area contributed by atoms with Gasteiger partial charge in [0, 0.05) is 38.3 Å². The number of nitrogens with zero attached hydrogens (tertiary/aromatic N) is 2. The lowest BCUT2D eigenvalue weighted by Crippen LogP contribution is -2.50. The Morgan fingerprint density at radius 1 is 1.28 bits per heavy atom. The number of para-hydroxylation sites is 1. The normalized spacial score (nSPS) is 17.1. The van der Waals surface area contributed by atoms with Crippen molar-refractivity contribution in [2.24, 2.45) is 5.92 Å². The highest BCUT2D eigenvalue weighted by molar-refractivity contribution is 5.81. The number of carbonyl (C=O) groups is 2. The third-order valence-corrected chi connectivity index (χ3v) is 4.74. The van der Waals surface area contributed by atoms with E-state index >= 15 is 0 Å². The number of methoxy groups -OCH3 is 1. The highest BCUT2D eigenvalue weighted by atomic mass is 16.5. The molecule has 3 amide bonds. The molecule has 1 aliphatic rings. The summed E-state index contributed by atoms with van der Waals surface area (Å²) in [6.45, 7) is 6.99. The van der Waals surface area contributed by atoms with Gasteiger partial charge in [-0.25, -0.2) is 4.79 Å². The van der Waals surface area contributed by atoms with Gasteiger partial charge in [-0.15, -0.1) is 0 Å². The van der Waals surface area contributed by atoms with Crippen LogP contribution in [0.5, 0.6) is 5.75 Å². The molecule has 2 rings (SSSR count). The van der Waals surface area contributed by atoms with Gasteiger partial charge in [-0.05, 0) is 32.8 Å². The fraction of sp³-hybridized carbons (Fsp3) is 0.579. The van der Waals surface area contributed by atoms with Crippen LogP contribution < -0.4 is 10.1 Å². The molecule has 0 aliphatic carbocycles. The quantitative estimate of drug-likeness (QED) is 0.860. The second kappa shape index (κ2) is 9.30. The molecule has 1 saturated heterocycles. The van der Waals surface area contributed by atoms with Crippen molar-refractivity contribution >= 4 is 11.9 Å². The molecule has 0 radical (unpaired) electrons. The molecule has 1 aromatic carbocycles. The molecule has 1 atom stereocenters. The van der Waals surface area contributed by atoms with Crippen LogP contribution in [0.15, 0.2) is 24.3 Å². The molecular formula is C19H29N3O3. The molecule has 0 spiro atoms. The number of hydrogen-bond donors (Lipinski definition) is 1. The van der Waals surface area contributed by atoms with Gasteiger partial charge in [0.05, 0.1) is 13.0 Å². The number of ether oxygens (including phenoxy) is 1. The van der Waals surface area contributed by atoms with Crippen LogP contribution in [0.2, 0.25) is 0 Å². The molecule has 1 N–H and O–H groups in total. The van der Waals surface area contributed by atoms with E-state index in [-0.39, 0.29) is 17.9 Å². The number of rotatable bonds is 6. The molecule has 6 nitrogen and oxygen atoms in total. The van der Waals surface area contributed by atoms with Crippen LogP contribution in [0.1, 0.15) is 32.3 Å². The Morgan fingerprint density at radius 2 is 2.00 bits per heavy atom. The Balaban J connectivity index is 1.92. The Labute approximate surface area is 150 Å². The maximum Gasteiger partial charge on any atom is 0.320 e. The van der Waals surface area contributed by atoms with Crippen molar-refractivity contribution in [3.05, 3.63) is 29.8 Å². The number of carbonyl (C=O) groups excluding carboxylic acids is 2. The van der Waals surface area contributed by atoms with Gasteiger partial charge in [0.1, 0.15) is 5.75 Å². The highest BCUT2D eigenvalue weighted by Crippen LogP contribution is 2.20. The zero-order valence-electron chi connectivity index (χ0n) is 15.5. The molecule has 0 bridgehead atoms. The predicted molar refractivity (Wildman–Crippen MR) is 97.5 cm³/mol. The number of amides is 3. The standard InChI is InChI=1S/C19H29N3O3/c1-4-21(5-2)19(24)22-12-8-10-16(14-22)18(23)20-13-15-9-6-7-11-17(15)25-3/h6-7,9,11,16H,4-5,8,10,12-14H2,1-3H3,(H,20,23)/t16-/m1/s1. The lowest BCUT2D eigenvalue weighted by atomic mass is 9.97. The second-order valence-electron chi connectivity index (χ2n) is 6.27. The average molecular weight is 347 g/mol. The van der Waals surface area contributed by atoms with Crippen LogP contribution in [-0.4, -0.2) is 55.0 Å². The fourth-order valence-electron chi connectivity index (χ4n) is 3.23. The van der Waals surface area contributed by atoms with E-state index < -0.39 is 0 Å². The summed E-state index contributed by atoms with van der Waals surface area (Å²) < 4.78 is 5.31. The summed E-state index contributed by atoms with van der Waals surface area (Å²) >= 11 is 0. The monoisotopic (exact) mass is 347 g/mol. The van der Waals surface area contributed by atoms with Crippen molar-refractivity contribution in [1.82, 2.24) is 15.1 Å². The second-order valence-corrected chi connectivity index (χ2v) is 6.27. The summed E-state index contributed by atoms with van der Waals surface area (Å²) in [5, 5.41) is 2.99. The third-order valence-electron chi connectivity index (χ3n) is 4.74. The maximum atomic E-state index is 12.5. The zero-order valence-corrected chi connectivity index (χ0v) is 15.5. The van der Waals surface area contributed by atoms with Gasteiger partial charge in [-0.2, -0.15) is 0 Å². The van der Waals surface area contributed by atoms with Crippen LogP contribution in [0.25, 0.3) is 0 Å². The molecule has 138 valence electrons. The van der Waals surface area contributed by atoms with E-state index in [2.05, 4.69) is 5.32 Å². The van der Waals surface area contributed by atoms with Gasteiger partial charge in [0.25, 0.3) is 0 Å². The van der Waals surface area contributed by atoms with Crippen LogP contribution in [0, 0.1) is 5.92 Å². The van der Waals surface area contributed by atoms with Gasteiger partial charge in [0.15, 0.2) is 0 Å². The molecule has 25 heavy (non-hydrogen) atoms. The van der Waals surface area contributed by atoms with Crippen molar-refractivity contribution in [2.75, 3.05) is 33.3 Å². The van der Waals surface area contributed by atoms with Gasteiger partial charge in [-0.3, -0.25) is 4.79 Å². The van der Waals surface area contributed by atoms with E-state index in [4.69, 9.17) is 4.74 Å². The smallest absolute Gasteiger partial charge is 0.320 e. The summed E-state index contributed by atoms with van der Waals surface area (Å²) in [5.41, 5.74) is 0.949. The number of likely N-dealkylation sites (tertiary alicyclic amines) is 1. The molecule has 6 heteroatoms. The van der Waals surface area contributed by atoms with Crippen molar-refractivity contribution in [2.45, 2.75) is 33.2 Å². The Kier molecular flexibility index (Phi) is 7.10. The molecule has 1 fully saturated rings. The van der Waals surface area contributed by atoms with Crippen LogP contribution in [0.3, 0.4) is 0 Å². The first-order chi connectivity index (χ1) is 12.1. The van der Waals surface area contributed by atoms with Crippen molar-refractivity contribution in [3.63, 3.8) is 0 Å². The lowest BCUT2D eigenvalue weighted by Gasteiger charge is -2.35. The largest absolute Gasteiger partial charge is 0.496 e. The number of benzene rings is 1. The predicted octanol–water partition coefficient (Wildman–Crippen LogP) is 2.49. The maximum absolute atomic E-state index is 12.5. The molecular weight excluding hydrogens is 318 g/mol. The molecule has 0 unspecified atom stereocenters. The van der Waals surface area contributed by atoms with E-state index in [9.17, 15) is 9.59 Å². The molecule has 1 heterocycles. The first-order valence-corrected chi connectivity index (χ1v) is 9.04. The lowest BCUT2D eigenvalue weighted by molar-refractivity contribution is -0.126. The Morgan fingerprint density at radius 3 is 2.68 bits per heavy atom. The van der Waals surface area contributed by atoms with Gasteiger partial charge >= 0.3 is 6.03 Å². The summed E-state index contributed by atoms with van der Waals surface area (Å²) in [5.74, 6) is 0.621. The molecule has 1 aliphatic heterocycles. The fourth-order valence-corrected chi connectivity index (χ4v) is 3.23. The van der Waals surface area contributed by atoms with Crippen molar-refractivity contribution in [3.8, 4) is 5.75 Å². The Bertz CT molecular complexity index is 587. The number of hydrogen-bond acceptors (Lipinski definition) is 3. The average Bonchev–Trinajstić information content (AvgIpc) is 2.67. The van der Waals surface area contributed by atoms with Gasteiger partial charge < -0.3 is 19.9 Å². The van der Waals surface area contributed by atoms with E-state index in [0.29, 0.717) is 26.2 Å². The van der Waals surface area contributed by atoms with Crippen LogP contribution in [0.4, 0.5) is 4.79 Å². The summed E-state index contributed by atoms with van der Waals surface area (Å²) in [6.07, 6.45) is 1.68. The van der Waals surface area contributed by atoms with Gasteiger partial charge in [0.2, 0.25) is 5.91 Å². The van der Waals surface area contributed by atoms with E-state index in [1.165, 1.54) is 0 Å². The number of nitrogens with one attached hydrogen (secondary N) is 1. The topological polar surface area (TPSA) is 61.9 Å². The number of urea groups is 1. The zero-order chi connectivity index (χ0) is 18.2. The molecule has 0 saturated carbocycles. The molecule has 0 aromatic heterocycles. The first kappa shape index (κ1) is 19.1. The summed E-state index contributed by atoms with van der Waals surface area (Å²) in [4.78, 5) is 28.6. The van der Waals surface area contributed by atoms with Gasteiger partial charge in [-0.1, -0.05) is 18.2 Å². The van der Waals surface area contributed by atoms with Crippen LogP contribution >= 0.6 is 0 Å². The third kappa shape index (κ3) is 4.87. The highest BCUT2D eigenvalue weighted by Gasteiger charge is 2.29. The molecule has 1 aromatic rings. The van der Waals surface area contributed by atoms with E-state index in [0.717, 1.165) is 30.7 Å². The summed E-state index contributed by atoms with van der Waals surface area (Å²) in [6, 6.07) is 7.69. The SMILES string of the molecule is CCN(CC)C(=O)N1CCC[C@@H](C(=O)NCc2ccccc2OC)C1. The Hall–Kier alpha value is -2.24. The minimum absolute atomic E-state index is 0.00273. The number of piperidine rings is 1. The summed E-state index contributed by atoms with van der Waals surface area (Å²) in [7, 11) is 1.62.